The van der Waals surface area contributed by atoms with Crippen LogP contribution in [-0.2, 0) is 0 Å². The zero-order valence-corrected chi connectivity index (χ0v) is 7.71. The number of nitrogens with one attached hydrogen (secondary N) is 1. The van der Waals surface area contributed by atoms with Gasteiger partial charge in [-0.15, -0.1) is 0 Å². The van der Waals surface area contributed by atoms with Gasteiger partial charge in [0.2, 0.25) is 0 Å². The first-order valence-corrected chi connectivity index (χ1v) is 4.62. The Morgan fingerprint density at radius 2 is 2.17 bits per heavy atom. The molecule has 0 aromatic rings. The van der Waals surface area contributed by atoms with Gasteiger partial charge in [0.05, 0.1) is 6.07 Å². The van der Waals surface area contributed by atoms with Gasteiger partial charge >= 0.3 is 0 Å². The molecule has 0 unspecified atom stereocenters. The molecular weight excluding hydrogens is 150 g/mol. The normalized spacial score (nSPS) is 19.4. The summed E-state index contributed by atoms with van der Waals surface area (Å²) >= 11 is 0. The summed E-state index contributed by atoms with van der Waals surface area (Å²) in [6, 6.07) is 2.87. The van der Waals surface area contributed by atoms with Crippen molar-refractivity contribution in [1.82, 2.24) is 10.2 Å². The van der Waals surface area contributed by atoms with Gasteiger partial charge in [-0.2, -0.15) is 5.26 Å². The second-order valence-corrected chi connectivity index (χ2v) is 3.37. The van der Waals surface area contributed by atoms with Crippen molar-refractivity contribution in [2.45, 2.75) is 25.3 Å². The van der Waals surface area contributed by atoms with E-state index in [0.717, 1.165) is 19.6 Å². The van der Waals surface area contributed by atoms with E-state index in [9.17, 15) is 0 Å². The molecule has 1 aliphatic heterocycles. The average molecular weight is 167 g/mol. The van der Waals surface area contributed by atoms with Crippen molar-refractivity contribution in [2.75, 3.05) is 26.7 Å². The largest absolute Gasteiger partial charge is 0.317 e. The molecular formula is C9H17N3. The van der Waals surface area contributed by atoms with Crippen molar-refractivity contribution < 1.29 is 0 Å². The highest BCUT2D eigenvalue weighted by molar-refractivity contribution is 4.78. The molecule has 0 spiro atoms. The van der Waals surface area contributed by atoms with Crippen molar-refractivity contribution in [1.29, 1.82) is 5.26 Å². The molecule has 0 aromatic heterocycles. The maximum atomic E-state index is 8.42. The molecule has 0 aromatic carbocycles. The molecule has 0 saturated carbocycles. The summed E-state index contributed by atoms with van der Waals surface area (Å²) in [6.07, 6.45) is 3.10. The molecule has 3 heteroatoms. The van der Waals surface area contributed by atoms with Gasteiger partial charge in [0.1, 0.15) is 0 Å². The molecule has 1 fully saturated rings. The first-order valence-electron chi connectivity index (χ1n) is 4.62. The predicted octanol–water partition coefficient (Wildman–Crippen LogP) is 0.584. The lowest BCUT2D eigenvalue weighted by atomic mass is 10.1. The molecule has 68 valence electrons. The van der Waals surface area contributed by atoms with E-state index in [0.29, 0.717) is 12.5 Å². The number of rotatable bonds is 3. The molecule has 12 heavy (non-hydrogen) atoms. The second-order valence-electron chi connectivity index (χ2n) is 3.37. The van der Waals surface area contributed by atoms with Gasteiger partial charge in [-0.05, 0) is 33.0 Å². The molecule has 0 aliphatic carbocycles. The fourth-order valence-electron chi connectivity index (χ4n) is 1.66. The maximum absolute atomic E-state index is 8.42. The molecule has 0 amide bonds. The summed E-state index contributed by atoms with van der Waals surface area (Å²) < 4.78 is 0. The fourth-order valence-corrected chi connectivity index (χ4v) is 1.66. The van der Waals surface area contributed by atoms with E-state index in [2.05, 4.69) is 23.3 Å². The Hall–Kier alpha value is -0.590. The Morgan fingerprint density at radius 1 is 1.50 bits per heavy atom. The Morgan fingerprint density at radius 3 is 2.75 bits per heavy atom. The minimum Gasteiger partial charge on any atom is -0.317 e. The molecule has 3 nitrogen and oxygen atoms in total. The SMILES string of the molecule is CN(CCC#N)C1CCNCC1. The fraction of sp³-hybridized carbons (Fsp3) is 0.889. The quantitative estimate of drug-likeness (QED) is 0.668. The highest BCUT2D eigenvalue weighted by atomic mass is 15.1. The average Bonchev–Trinajstić information content (AvgIpc) is 2.15. The van der Waals surface area contributed by atoms with Crippen LogP contribution in [0.4, 0.5) is 0 Å². The van der Waals surface area contributed by atoms with Crippen molar-refractivity contribution in [3.63, 3.8) is 0 Å². The Balaban J connectivity index is 2.21. The van der Waals surface area contributed by atoms with Crippen LogP contribution >= 0.6 is 0 Å². The molecule has 1 heterocycles. The summed E-state index contributed by atoms with van der Waals surface area (Å²) in [5.41, 5.74) is 0. The third-order valence-corrected chi connectivity index (χ3v) is 2.51. The number of hydrogen-bond donors (Lipinski definition) is 1. The smallest absolute Gasteiger partial charge is 0.0635 e. The topological polar surface area (TPSA) is 39.1 Å². The van der Waals surface area contributed by atoms with Crippen LogP contribution in [0.25, 0.3) is 0 Å². The monoisotopic (exact) mass is 167 g/mol. The Labute approximate surface area is 74.4 Å². The molecule has 0 atom stereocenters. The highest BCUT2D eigenvalue weighted by Gasteiger charge is 2.16. The van der Waals surface area contributed by atoms with Gasteiger partial charge in [0.15, 0.2) is 0 Å². The van der Waals surface area contributed by atoms with Crippen LogP contribution < -0.4 is 5.32 Å². The van der Waals surface area contributed by atoms with Crippen LogP contribution in [0.1, 0.15) is 19.3 Å². The summed E-state index contributed by atoms with van der Waals surface area (Å²) in [5, 5.41) is 11.8. The van der Waals surface area contributed by atoms with Crippen molar-refractivity contribution in [2.24, 2.45) is 0 Å². The van der Waals surface area contributed by atoms with Gasteiger partial charge in [-0.3, -0.25) is 0 Å². The van der Waals surface area contributed by atoms with E-state index in [1.54, 1.807) is 0 Å². The molecule has 1 N–H and O–H groups in total. The zero-order valence-electron chi connectivity index (χ0n) is 7.71. The number of nitriles is 1. The first-order chi connectivity index (χ1) is 5.84. The Kier molecular flexibility index (Phi) is 4.06. The third kappa shape index (κ3) is 2.80. The first kappa shape index (κ1) is 9.50. The lowest BCUT2D eigenvalue weighted by Crippen LogP contribution is -2.41. The lowest BCUT2D eigenvalue weighted by Gasteiger charge is -2.30. The van der Waals surface area contributed by atoms with E-state index >= 15 is 0 Å². The molecule has 1 aliphatic rings. The summed E-state index contributed by atoms with van der Waals surface area (Å²) in [6.45, 7) is 3.17. The maximum Gasteiger partial charge on any atom is 0.0635 e. The van der Waals surface area contributed by atoms with E-state index in [1.165, 1.54) is 12.8 Å². The lowest BCUT2D eigenvalue weighted by molar-refractivity contribution is 0.203. The molecule has 1 rings (SSSR count). The molecule has 0 bridgehead atoms. The van der Waals surface area contributed by atoms with Crippen LogP contribution in [0.2, 0.25) is 0 Å². The van der Waals surface area contributed by atoms with Crippen LogP contribution in [-0.4, -0.2) is 37.6 Å². The minimum atomic E-state index is 0.653. The van der Waals surface area contributed by atoms with Gasteiger partial charge in [0, 0.05) is 19.0 Å². The van der Waals surface area contributed by atoms with Gasteiger partial charge < -0.3 is 10.2 Å². The van der Waals surface area contributed by atoms with Crippen LogP contribution in [0, 0.1) is 11.3 Å². The van der Waals surface area contributed by atoms with Crippen LogP contribution in [0.5, 0.6) is 0 Å². The second kappa shape index (κ2) is 5.13. The summed E-state index contributed by atoms with van der Waals surface area (Å²) in [7, 11) is 2.12. The van der Waals surface area contributed by atoms with Crippen LogP contribution in [0.3, 0.4) is 0 Å². The van der Waals surface area contributed by atoms with Crippen molar-refractivity contribution in [3.05, 3.63) is 0 Å². The van der Waals surface area contributed by atoms with Crippen LogP contribution in [0.15, 0.2) is 0 Å². The van der Waals surface area contributed by atoms with E-state index in [4.69, 9.17) is 5.26 Å². The summed E-state index contributed by atoms with van der Waals surface area (Å²) in [4.78, 5) is 2.31. The predicted molar refractivity (Wildman–Crippen MR) is 48.8 cm³/mol. The highest BCUT2D eigenvalue weighted by Crippen LogP contribution is 2.09. The van der Waals surface area contributed by atoms with Crippen molar-refractivity contribution in [3.8, 4) is 6.07 Å². The molecule has 0 radical (unpaired) electrons. The zero-order chi connectivity index (χ0) is 8.81. The number of piperidine rings is 1. The third-order valence-electron chi connectivity index (χ3n) is 2.51. The van der Waals surface area contributed by atoms with Gasteiger partial charge in [-0.25, -0.2) is 0 Å². The van der Waals surface area contributed by atoms with Gasteiger partial charge in [-0.1, -0.05) is 0 Å². The van der Waals surface area contributed by atoms with E-state index < -0.39 is 0 Å². The van der Waals surface area contributed by atoms with Gasteiger partial charge in [0.25, 0.3) is 0 Å². The molecule has 1 saturated heterocycles. The number of nitrogens with zero attached hydrogens (tertiary/aromatic N) is 2. The number of hydrogen-bond acceptors (Lipinski definition) is 3. The van der Waals surface area contributed by atoms with Crippen molar-refractivity contribution >= 4 is 0 Å². The van der Waals surface area contributed by atoms with E-state index in [-0.39, 0.29) is 0 Å². The summed E-state index contributed by atoms with van der Waals surface area (Å²) in [5.74, 6) is 0. The standard InChI is InChI=1S/C9H17N3/c1-12(8-2-5-10)9-3-6-11-7-4-9/h9,11H,2-4,6-8H2,1H3. The Bertz CT molecular complexity index is 156. The minimum absolute atomic E-state index is 0.653. The van der Waals surface area contributed by atoms with E-state index in [1.807, 2.05) is 0 Å².